The zero-order valence-electron chi connectivity index (χ0n) is 17.7. The Morgan fingerprint density at radius 2 is 1.50 bits per heavy atom. The van der Waals surface area contributed by atoms with Gasteiger partial charge >= 0.3 is 0 Å². The highest BCUT2D eigenvalue weighted by atomic mass is 16.2. The maximum Gasteiger partial charge on any atom is 0.266 e. The van der Waals surface area contributed by atoms with Crippen LogP contribution in [0.1, 0.15) is 45.7 Å². The molecule has 7 nitrogen and oxygen atoms in total. The summed E-state index contributed by atoms with van der Waals surface area (Å²) in [5.41, 5.74) is 0.860. The molecule has 0 radical (unpaired) electrons. The first-order chi connectivity index (χ1) is 13.3. The van der Waals surface area contributed by atoms with Crippen LogP contribution in [0.15, 0.2) is 16.9 Å². The Morgan fingerprint density at radius 1 is 0.857 bits per heavy atom. The molecule has 0 spiro atoms. The lowest BCUT2D eigenvalue weighted by Crippen LogP contribution is -2.50. The summed E-state index contributed by atoms with van der Waals surface area (Å²) in [6.45, 7) is 14.6. The van der Waals surface area contributed by atoms with E-state index in [1.54, 1.807) is 10.7 Å². The molecule has 1 aromatic heterocycles. The summed E-state index contributed by atoms with van der Waals surface area (Å²) >= 11 is 0. The second-order valence-electron chi connectivity index (χ2n) is 9.05. The van der Waals surface area contributed by atoms with Gasteiger partial charge in [0, 0.05) is 70.3 Å². The third kappa shape index (κ3) is 5.64. The Labute approximate surface area is 168 Å². The number of carbonyl (C=O) groups is 1. The molecule has 0 bridgehead atoms. The molecule has 0 atom stereocenters. The van der Waals surface area contributed by atoms with Gasteiger partial charge < -0.3 is 4.90 Å². The second kappa shape index (κ2) is 9.18. The van der Waals surface area contributed by atoms with Gasteiger partial charge in [0.25, 0.3) is 5.56 Å². The fraction of sp³-hybridized carbons (Fsp3) is 0.762. The van der Waals surface area contributed by atoms with Gasteiger partial charge in [0.2, 0.25) is 5.91 Å². The lowest BCUT2D eigenvalue weighted by atomic mass is 9.92. The predicted molar refractivity (Wildman–Crippen MR) is 111 cm³/mol. The summed E-state index contributed by atoms with van der Waals surface area (Å²) in [5.74, 6) is 0.320. The maximum absolute atomic E-state index is 12.1. The van der Waals surface area contributed by atoms with Gasteiger partial charge in [-0.15, -0.1) is 0 Å². The highest BCUT2D eigenvalue weighted by molar-refractivity contribution is 5.76. The van der Waals surface area contributed by atoms with Crippen molar-refractivity contribution in [2.75, 3.05) is 52.4 Å². The largest absolute Gasteiger partial charge is 0.341 e. The molecule has 0 unspecified atom stereocenters. The molecule has 2 fully saturated rings. The highest BCUT2D eigenvalue weighted by Gasteiger charge is 2.21. The minimum Gasteiger partial charge on any atom is -0.341 e. The van der Waals surface area contributed by atoms with Gasteiger partial charge in [0.1, 0.15) is 0 Å². The SMILES string of the molecule is CC(C)(C)c1ccc(=O)n(CCN2CCN(CCN3CCCCC3=O)CC2)n1. The molecule has 1 amide bonds. The standard InChI is InChI=1S/C21H35N5O2/c1-21(2,3)18-7-8-20(28)26(22-18)17-15-24-12-10-23(11-13-24)14-16-25-9-5-4-6-19(25)27/h7-8H,4-6,9-17H2,1-3H3. The third-order valence-corrected chi connectivity index (χ3v) is 5.84. The molecular weight excluding hydrogens is 354 g/mol. The monoisotopic (exact) mass is 389 g/mol. The van der Waals surface area contributed by atoms with Crippen molar-refractivity contribution in [2.24, 2.45) is 0 Å². The number of piperidine rings is 1. The van der Waals surface area contributed by atoms with Crippen molar-refractivity contribution in [3.63, 3.8) is 0 Å². The van der Waals surface area contributed by atoms with Gasteiger partial charge in [0.15, 0.2) is 0 Å². The van der Waals surface area contributed by atoms with Gasteiger partial charge in [-0.2, -0.15) is 5.10 Å². The second-order valence-corrected chi connectivity index (χ2v) is 9.05. The molecule has 7 heteroatoms. The zero-order chi connectivity index (χ0) is 20.1. The van der Waals surface area contributed by atoms with E-state index in [-0.39, 0.29) is 11.0 Å². The van der Waals surface area contributed by atoms with E-state index in [9.17, 15) is 9.59 Å². The number of hydrogen-bond acceptors (Lipinski definition) is 5. The molecule has 0 N–H and O–H groups in total. The quantitative estimate of drug-likeness (QED) is 0.731. The lowest BCUT2D eigenvalue weighted by Gasteiger charge is -2.36. The molecule has 156 valence electrons. The van der Waals surface area contributed by atoms with E-state index in [1.165, 1.54) is 0 Å². The van der Waals surface area contributed by atoms with Gasteiger partial charge in [-0.1, -0.05) is 20.8 Å². The van der Waals surface area contributed by atoms with E-state index in [1.807, 2.05) is 11.0 Å². The number of piperazine rings is 1. The van der Waals surface area contributed by atoms with Crippen molar-refractivity contribution in [3.05, 3.63) is 28.2 Å². The van der Waals surface area contributed by atoms with Crippen molar-refractivity contribution < 1.29 is 4.79 Å². The van der Waals surface area contributed by atoms with Crippen LogP contribution >= 0.6 is 0 Å². The molecule has 0 aromatic carbocycles. The molecule has 0 saturated carbocycles. The van der Waals surface area contributed by atoms with Gasteiger partial charge in [0.05, 0.1) is 12.2 Å². The average Bonchev–Trinajstić information content (AvgIpc) is 2.67. The summed E-state index contributed by atoms with van der Waals surface area (Å²) < 4.78 is 1.61. The first-order valence-corrected chi connectivity index (χ1v) is 10.6. The summed E-state index contributed by atoms with van der Waals surface area (Å²) in [4.78, 5) is 30.9. The van der Waals surface area contributed by atoms with Crippen LogP contribution in [0.5, 0.6) is 0 Å². The van der Waals surface area contributed by atoms with E-state index >= 15 is 0 Å². The van der Waals surface area contributed by atoms with Crippen molar-refractivity contribution in [3.8, 4) is 0 Å². The minimum atomic E-state index is -0.0587. The normalized spacial score (nSPS) is 20.0. The molecule has 1 aromatic rings. The Hall–Kier alpha value is -1.73. The number of rotatable bonds is 6. The Kier molecular flexibility index (Phi) is 6.88. The van der Waals surface area contributed by atoms with E-state index in [0.29, 0.717) is 12.5 Å². The molecule has 0 aliphatic carbocycles. The van der Waals surface area contributed by atoms with E-state index < -0.39 is 0 Å². The summed E-state index contributed by atoms with van der Waals surface area (Å²) in [6, 6.07) is 3.47. The Balaban J connectivity index is 1.42. The number of nitrogens with zero attached hydrogens (tertiary/aromatic N) is 5. The Morgan fingerprint density at radius 3 is 2.11 bits per heavy atom. The van der Waals surface area contributed by atoms with Gasteiger partial charge in [-0.3, -0.25) is 19.4 Å². The number of hydrogen-bond donors (Lipinski definition) is 0. The fourth-order valence-corrected chi connectivity index (χ4v) is 3.84. The van der Waals surface area contributed by atoms with Gasteiger partial charge in [-0.05, 0) is 18.9 Å². The van der Waals surface area contributed by atoms with Crippen LogP contribution in [0.3, 0.4) is 0 Å². The zero-order valence-corrected chi connectivity index (χ0v) is 17.7. The average molecular weight is 390 g/mol. The molecule has 2 saturated heterocycles. The summed E-state index contributed by atoms with van der Waals surface area (Å²) in [7, 11) is 0. The predicted octanol–water partition coefficient (Wildman–Crippen LogP) is 1.17. The van der Waals surface area contributed by atoms with Crippen LogP contribution in [0.25, 0.3) is 0 Å². The van der Waals surface area contributed by atoms with Crippen LogP contribution in [-0.2, 0) is 16.8 Å². The van der Waals surface area contributed by atoms with Crippen molar-refractivity contribution in [1.29, 1.82) is 0 Å². The number of aromatic nitrogens is 2. The van der Waals surface area contributed by atoms with Crippen molar-refractivity contribution >= 4 is 5.91 Å². The third-order valence-electron chi connectivity index (χ3n) is 5.84. The number of carbonyl (C=O) groups excluding carboxylic acids is 1. The smallest absolute Gasteiger partial charge is 0.266 e. The van der Waals surface area contributed by atoms with Crippen LogP contribution in [0, 0.1) is 0 Å². The van der Waals surface area contributed by atoms with Crippen LogP contribution in [0.2, 0.25) is 0 Å². The van der Waals surface area contributed by atoms with E-state index in [2.05, 4.69) is 35.7 Å². The number of amides is 1. The van der Waals surface area contributed by atoms with E-state index in [4.69, 9.17) is 0 Å². The van der Waals surface area contributed by atoms with Crippen LogP contribution < -0.4 is 5.56 Å². The summed E-state index contributed by atoms with van der Waals surface area (Å²) in [6.07, 6.45) is 2.91. The van der Waals surface area contributed by atoms with Gasteiger partial charge in [-0.25, -0.2) is 4.68 Å². The van der Waals surface area contributed by atoms with Crippen LogP contribution in [0.4, 0.5) is 0 Å². The highest BCUT2D eigenvalue weighted by Crippen LogP contribution is 2.18. The molecule has 2 aliphatic rings. The minimum absolute atomic E-state index is 0.0298. The molecule has 28 heavy (non-hydrogen) atoms. The first-order valence-electron chi connectivity index (χ1n) is 10.6. The lowest BCUT2D eigenvalue weighted by molar-refractivity contribution is -0.133. The fourth-order valence-electron chi connectivity index (χ4n) is 3.84. The molecule has 3 heterocycles. The van der Waals surface area contributed by atoms with Crippen molar-refractivity contribution in [1.82, 2.24) is 24.5 Å². The number of likely N-dealkylation sites (tertiary alicyclic amines) is 1. The van der Waals surface area contributed by atoms with Crippen LogP contribution in [-0.4, -0.2) is 82.7 Å². The first kappa shape index (κ1) is 21.0. The topological polar surface area (TPSA) is 61.7 Å². The Bertz CT molecular complexity index is 716. The molecule has 3 rings (SSSR count). The molecular formula is C21H35N5O2. The molecule has 2 aliphatic heterocycles. The van der Waals surface area contributed by atoms with E-state index in [0.717, 1.165) is 77.3 Å². The van der Waals surface area contributed by atoms with Crippen molar-refractivity contribution in [2.45, 2.75) is 52.0 Å². The maximum atomic E-state index is 12.1. The summed E-state index contributed by atoms with van der Waals surface area (Å²) in [5, 5.41) is 4.56.